The Balaban J connectivity index is 2.11. The quantitative estimate of drug-likeness (QED) is 0.765. The van der Waals surface area contributed by atoms with Gasteiger partial charge in [-0.2, -0.15) is 0 Å². The SMILES string of the molecule is CN(c1cnc(CCl)cn1)C1CCS(=O)(=O)C1. The number of aromatic nitrogens is 2. The zero-order valence-electron chi connectivity index (χ0n) is 9.50. The standard InChI is InChI=1S/C10H14ClN3O2S/c1-14(9-2-3-17(15,16)7-9)10-6-12-8(4-11)5-13-10/h5-6,9H,2-4,7H2,1H3. The second kappa shape index (κ2) is 4.78. The maximum atomic E-state index is 11.4. The molecule has 1 aromatic heterocycles. The Morgan fingerprint density at radius 2 is 2.24 bits per heavy atom. The molecule has 0 bridgehead atoms. The van der Waals surface area contributed by atoms with Gasteiger partial charge in [0.1, 0.15) is 5.82 Å². The Bertz CT molecular complexity index is 489. The molecular weight excluding hydrogens is 262 g/mol. The van der Waals surface area contributed by atoms with E-state index >= 15 is 0 Å². The van der Waals surface area contributed by atoms with E-state index in [-0.39, 0.29) is 17.5 Å². The predicted octanol–water partition coefficient (Wildman–Crippen LogP) is 0.839. The van der Waals surface area contributed by atoms with Gasteiger partial charge in [-0.05, 0) is 6.42 Å². The highest BCUT2D eigenvalue weighted by Gasteiger charge is 2.31. The maximum Gasteiger partial charge on any atom is 0.152 e. The van der Waals surface area contributed by atoms with Crippen LogP contribution in [0, 0.1) is 0 Å². The molecule has 1 fully saturated rings. The number of anilines is 1. The molecule has 2 rings (SSSR count). The van der Waals surface area contributed by atoms with Gasteiger partial charge >= 0.3 is 0 Å². The Morgan fingerprint density at radius 3 is 2.71 bits per heavy atom. The van der Waals surface area contributed by atoms with Gasteiger partial charge in [-0.1, -0.05) is 0 Å². The van der Waals surface area contributed by atoms with Crippen molar-refractivity contribution in [1.29, 1.82) is 0 Å². The minimum atomic E-state index is -2.87. The van der Waals surface area contributed by atoms with Gasteiger partial charge in [-0.25, -0.2) is 13.4 Å². The Labute approximate surface area is 106 Å². The Kier molecular flexibility index (Phi) is 3.53. The van der Waals surface area contributed by atoms with Gasteiger partial charge in [0, 0.05) is 13.1 Å². The first kappa shape index (κ1) is 12.6. The van der Waals surface area contributed by atoms with E-state index in [0.717, 1.165) is 0 Å². The van der Waals surface area contributed by atoms with Crippen LogP contribution in [-0.4, -0.2) is 43.0 Å². The minimum Gasteiger partial charge on any atom is -0.354 e. The van der Waals surface area contributed by atoms with Crippen LogP contribution in [0.25, 0.3) is 0 Å². The molecule has 1 saturated heterocycles. The molecule has 94 valence electrons. The molecular formula is C10H14ClN3O2S. The van der Waals surface area contributed by atoms with E-state index in [1.165, 1.54) is 0 Å². The van der Waals surface area contributed by atoms with Crippen molar-refractivity contribution in [2.75, 3.05) is 23.5 Å². The van der Waals surface area contributed by atoms with E-state index in [0.29, 0.717) is 23.8 Å². The molecule has 0 radical (unpaired) electrons. The smallest absolute Gasteiger partial charge is 0.152 e. The Morgan fingerprint density at radius 1 is 1.47 bits per heavy atom. The lowest BCUT2D eigenvalue weighted by Crippen LogP contribution is -2.33. The molecule has 0 N–H and O–H groups in total. The lowest BCUT2D eigenvalue weighted by Gasteiger charge is -2.23. The summed E-state index contributed by atoms with van der Waals surface area (Å²) in [7, 11) is -1.03. The normalized spacial score (nSPS) is 22.6. The van der Waals surface area contributed by atoms with Crippen LogP contribution in [-0.2, 0) is 15.7 Å². The van der Waals surface area contributed by atoms with Crippen LogP contribution in [0.15, 0.2) is 12.4 Å². The van der Waals surface area contributed by atoms with Crippen LogP contribution in [0.1, 0.15) is 12.1 Å². The molecule has 1 atom stereocenters. The summed E-state index contributed by atoms with van der Waals surface area (Å²) < 4.78 is 22.8. The predicted molar refractivity (Wildman–Crippen MR) is 67.1 cm³/mol. The van der Waals surface area contributed by atoms with Gasteiger partial charge in [-0.15, -0.1) is 11.6 Å². The summed E-state index contributed by atoms with van der Waals surface area (Å²) in [5.41, 5.74) is 0.711. The highest BCUT2D eigenvalue weighted by molar-refractivity contribution is 7.91. The molecule has 5 nitrogen and oxygen atoms in total. The van der Waals surface area contributed by atoms with Crippen molar-refractivity contribution in [2.45, 2.75) is 18.3 Å². The van der Waals surface area contributed by atoms with Gasteiger partial charge < -0.3 is 4.90 Å². The van der Waals surface area contributed by atoms with Gasteiger partial charge in [0.25, 0.3) is 0 Å². The van der Waals surface area contributed by atoms with Crippen molar-refractivity contribution in [3.05, 3.63) is 18.1 Å². The average Bonchev–Trinajstić information content (AvgIpc) is 2.69. The van der Waals surface area contributed by atoms with Crippen LogP contribution >= 0.6 is 11.6 Å². The highest BCUT2D eigenvalue weighted by Crippen LogP contribution is 2.20. The fraction of sp³-hybridized carbons (Fsp3) is 0.600. The second-order valence-electron chi connectivity index (χ2n) is 4.17. The minimum absolute atomic E-state index is 0.00356. The molecule has 1 unspecified atom stereocenters. The topological polar surface area (TPSA) is 63.2 Å². The van der Waals surface area contributed by atoms with E-state index in [9.17, 15) is 8.42 Å². The van der Waals surface area contributed by atoms with Gasteiger partial charge in [0.2, 0.25) is 0 Å². The summed E-state index contributed by atoms with van der Waals surface area (Å²) in [6, 6.07) is -0.00356. The summed E-state index contributed by atoms with van der Waals surface area (Å²) in [5, 5.41) is 0. The zero-order valence-corrected chi connectivity index (χ0v) is 11.1. The first-order chi connectivity index (χ1) is 8.02. The van der Waals surface area contributed by atoms with Crippen molar-refractivity contribution in [1.82, 2.24) is 9.97 Å². The monoisotopic (exact) mass is 275 g/mol. The third-order valence-corrected chi connectivity index (χ3v) is 4.97. The van der Waals surface area contributed by atoms with Crippen molar-refractivity contribution in [2.24, 2.45) is 0 Å². The van der Waals surface area contributed by atoms with Crippen LogP contribution in [0.5, 0.6) is 0 Å². The molecule has 17 heavy (non-hydrogen) atoms. The summed E-state index contributed by atoms with van der Waals surface area (Å²) in [4.78, 5) is 10.2. The number of halogens is 1. The molecule has 0 aliphatic carbocycles. The van der Waals surface area contributed by atoms with E-state index < -0.39 is 9.84 Å². The molecule has 0 spiro atoms. The summed E-state index contributed by atoms with van der Waals surface area (Å²) in [6.45, 7) is 0. The van der Waals surface area contributed by atoms with E-state index in [1.54, 1.807) is 12.4 Å². The van der Waals surface area contributed by atoms with E-state index in [4.69, 9.17) is 11.6 Å². The number of sulfone groups is 1. The fourth-order valence-electron chi connectivity index (χ4n) is 1.87. The molecule has 1 aromatic rings. The van der Waals surface area contributed by atoms with Crippen molar-refractivity contribution < 1.29 is 8.42 Å². The summed E-state index contributed by atoms with van der Waals surface area (Å²) >= 11 is 5.63. The van der Waals surface area contributed by atoms with Crippen LogP contribution in [0.3, 0.4) is 0 Å². The molecule has 1 aliphatic heterocycles. The van der Waals surface area contributed by atoms with E-state index in [2.05, 4.69) is 9.97 Å². The number of alkyl halides is 1. The summed E-state index contributed by atoms with van der Waals surface area (Å²) in [5.74, 6) is 1.47. The largest absolute Gasteiger partial charge is 0.354 e. The molecule has 0 saturated carbocycles. The molecule has 7 heteroatoms. The molecule has 2 heterocycles. The number of nitrogens with zero attached hydrogens (tertiary/aromatic N) is 3. The maximum absolute atomic E-state index is 11.4. The van der Waals surface area contributed by atoms with E-state index in [1.807, 2.05) is 11.9 Å². The fourth-order valence-corrected chi connectivity index (χ4v) is 3.78. The lowest BCUT2D eigenvalue weighted by atomic mass is 10.2. The summed E-state index contributed by atoms with van der Waals surface area (Å²) in [6.07, 6.45) is 3.89. The van der Waals surface area contributed by atoms with Gasteiger partial charge in [0.15, 0.2) is 9.84 Å². The molecule has 1 aliphatic rings. The number of hydrogen-bond acceptors (Lipinski definition) is 5. The molecule has 0 amide bonds. The number of rotatable bonds is 3. The first-order valence-corrected chi connectivity index (χ1v) is 7.67. The number of hydrogen-bond donors (Lipinski definition) is 0. The third-order valence-electron chi connectivity index (χ3n) is 2.95. The van der Waals surface area contributed by atoms with Gasteiger partial charge in [-0.3, -0.25) is 4.98 Å². The lowest BCUT2D eigenvalue weighted by molar-refractivity contribution is 0.600. The van der Waals surface area contributed by atoms with Crippen molar-refractivity contribution in [3.63, 3.8) is 0 Å². The third kappa shape index (κ3) is 2.87. The van der Waals surface area contributed by atoms with Crippen LogP contribution in [0.4, 0.5) is 5.82 Å². The molecule has 0 aromatic carbocycles. The zero-order chi connectivity index (χ0) is 12.5. The average molecular weight is 276 g/mol. The first-order valence-electron chi connectivity index (χ1n) is 5.32. The van der Waals surface area contributed by atoms with Crippen molar-refractivity contribution >= 4 is 27.3 Å². The second-order valence-corrected chi connectivity index (χ2v) is 6.66. The Hall–Kier alpha value is -0.880. The highest BCUT2D eigenvalue weighted by atomic mass is 35.5. The van der Waals surface area contributed by atoms with Crippen LogP contribution < -0.4 is 4.90 Å². The van der Waals surface area contributed by atoms with Crippen molar-refractivity contribution in [3.8, 4) is 0 Å². The van der Waals surface area contributed by atoms with Gasteiger partial charge in [0.05, 0.1) is 35.5 Å². The van der Waals surface area contributed by atoms with Crippen LogP contribution in [0.2, 0.25) is 0 Å².